The summed E-state index contributed by atoms with van der Waals surface area (Å²) in [5.41, 5.74) is 5.49. The lowest BCUT2D eigenvalue weighted by Gasteiger charge is -2.28. The monoisotopic (exact) mass is 271 g/mol. The number of carbonyl (C=O) groups excluding carboxylic acids is 1. The normalized spacial score (nSPS) is 14.2. The van der Waals surface area contributed by atoms with E-state index >= 15 is 0 Å². The van der Waals surface area contributed by atoms with Crippen LogP contribution in [0.5, 0.6) is 0 Å². The summed E-state index contributed by atoms with van der Waals surface area (Å²) in [4.78, 5) is 16.3. The first-order valence-corrected chi connectivity index (χ1v) is 7.00. The highest BCUT2D eigenvalue weighted by Crippen LogP contribution is 2.16. The summed E-state index contributed by atoms with van der Waals surface area (Å²) in [5, 5.41) is 14.6. The number of aliphatic hydroxyl groups is 1. The molecule has 4 N–H and O–H groups in total. The van der Waals surface area contributed by atoms with Crippen LogP contribution in [0.4, 0.5) is 0 Å². The molecule has 1 amide bonds. The van der Waals surface area contributed by atoms with E-state index in [4.69, 9.17) is 10.8 Å². The van der Waals surface area contributed by atoms with Gasteiger partial charge in [0.1, 0.15) is 5.69 Å². The van der Waals surface area contributed by atoms with Gasteiger partial charge in [0.2, 0.25) is 0 Å². The van der Waals surface area contributed by atoms with Gasteiger partial charge in [-0.1, -0.05) is 6.92 Å². The first kappa shape index (κ1) is 15.1. The molecule has 1 aromatic heterocycles. The van der Waals surface area contributed by atoms with E-state index < -0.39 is 0 Å². The minimum Gasteiger partial charge on any atom is -0.396 e. The number of amides is 1. The summed E-state index contributed by atoms with van der Waals surface area (Å²) < 4.78 is 0. The highest BCUT2D eigenvalue weighted by atomic mass is 32.1. The van der Waals surface area contributed by atoms with E-state index in [0.717, 1.165) is 11.4 Å². The Kier molecular flexibility index (Phi) is 5.71. The van der Waals surface area contributed by atoms with Crippen molar-refractivity contribution in [1.82, 2.24) is 10.3 Å². The largest absolute Gasteiger partial charge is 0.396 e. The van der Waals surface area contributed by atoms with Crippen LogP contribution in [0.15, 0.2) is 5.38 Å². The Morgan fingerprint density at radius 2 is 2.39 bits per heavy atom. The minimum absolute atomic E-state index is 0.0557. The molecule has 0 fully saturated rings. The maximum atomic E-state index is 12.0. The molecule has 0 aliphatic heterocycles. The quantitative estimate of drug-likeness (QED) is 0.688. The minimum atomic E-state index is -0.385. The first-order valence-electron chi connectivity index (χ1n) is 6.12. The lowest BCUT2D eigenvalue weighted by Crippen LogP contribution is -2.46. The maximum Gasteiger partial charge on any atom is 0.271 e. The number of carbonyl (C=O) groups is 1. The van der Waals surface area contributed by atoms with E-state index in [2.05, 4.69) is 10.3 Å². The number of nitrogens with zero attached hydrogens (tertiary/aromatic N) is 1. The van der Waals surface area contributed by atoms with Gasteiger partial charge >= 0.3 is 0 Å². The summed E-state index contributed by atoms with van der Waals surface area (Å²) in [6.07, 6.45) is 1.99. The number of aliphatic hydroxyl groups excluding tert-OH is 1. The summed E-state index contributed by atoms with van der Waals surface area (Å²) in [7, 11) is 0. The lowest BCUT2D eigenvalue weighted by molar-refractivity contribution is 0.0881. The molecular weight excluding hydrogens is 250 g/mol. The van der Waals surface area contributed by atoms with Gasteiger partial charge in [-0.25, -0.2) is 4.98 Å². The third kappa shape index (κ3) is 4.04. The molecule has 1 rings (SSSR count). The fraction of sp³-hybridized carbons (Fsp3) is 0.667. The second-order valence-corrected chi connectivity index (χ2v) is 5.45. The first-order chi connectivity index (χ1) is 8.54. The van der Waals surface area contributed by atoms with Crippen molar-refractivity contribution in [2.75, 3.05) is 13.2 Å². The van der Waals surface area contributed by atoms with E-state index in [0.29, 0.717) is 25.1 Å². The molecule has 18 heavy (non-hydrogen) atoms. The number of hydrogen-bond donors (Lipinski definition) is 3. The zero-order valence-corrected chi connectivity index (χ0v) is 11.7. The van der Waals surface area contributed by atoms with Crippen molar-refractivity contribution < 1.29 is 9.90 Å². The smallest absolute Gasteiger partial charge is 0.271 e. The third-order valence-electron chi connectivity index (χ3n) is 3.00. The van der Waals surface area contributed by atoms with Crippen molar-refractivity contribution in [2.45, 2.75) is 38.6 Å². The molecule has 0 saturated carbocycles. The van der Waals surface area contributed by atoms with Crippen molar-refractivity contribution in [1.29, 1.82) is 0 Å². The van der Waals surface area contributed by atoms with E-state index in [1.54, 1.807) is 5.38 Å². The molecule has 1 unspecified atom stereocenters. The molecule has 0 aliphatic carbocycles. The van der Waals surface area contributed by atoms with Crippen molar-refractivity contribution in [3.05, 3.63) is 16.1 Å². The molecule has 0 saturated heterocycles. The summed E-state index contributed by atoms with van der Waals surface area (Å²) in [6, 6.07) is 0. The fourth-order valence-corrected chi connectivity index (χ4v) is 2.36. The second kappa shape index (κ2) is 6.82. The summed E-state index contributed by atoms with van der Waals surface area (Å²) >= 11 is 1.45. The van der Waals surface area contributed by atoms with Crippen LogP contribution in [-0.2, 0) is 6.42 Å². The summed E-state index contributed by atoms with van der Waals surface area (Å²) in [6.45, 7) is 4.50. The predicted octanol–water partition coefficient (Wildman–Crippen LogP) is 0.925. The topological polar surface area (TPSA) is 88.2 Å². The number of nitrogens with two attached hydrogens (primary N) is 1. The van der Waals surface area contributed by atoms with Gasteiger partial charge in [0.15, 0.2) is 0 Å². The van der Waals surface area contributed by atoms with Crippen LogP contribution in [-0.4, -0.2) is 34.7 Å². The van der Waals surface area contributed by atoms with Gasteiger partial charge in [-0.15, -0.1) is 11.3 Å². The van der Waals surface area contributed by atoms with Crippen LogP contribution in [0.1, 0.15) is 42.2 Å². The second-order valence-electron chi connectivity index (χ2n) is 4.51. The number of rotatable bonds is 7. The van der Waals surface area contributed by atoms with Crippen molar-refractivity contribution in [3.63, 3.8) is 0 Å². The zero-order chi connectivity index (χ0) is 13.6. The molecule has 0 bridgehead atoms. The molecule has 0 radical (unpaired) electrons. The van der Waals surface area contributed by atoms with Gasteiger partial charge in [-0.2, -0.15) is 0 Å². The summed E-state index contributed by atoms with van der Waals surface area (Å²) in [5.74, 6) is -0.188. The third-order valence-corrected chi connectivity index (χ3v) is 3.91. The van der Waals surface area contributed by atoms with Gasteiger partial charge in [-0.3, -0.25) is 4.79 Å². The van der Waals surface area contributed by atoms with Gasteiger partial charge < -0.3 is 16.2 Å². The van der Waals surface area contributed by atoms with Gasteiger partial charge in [0.05, 0.1) is 5.01 Å². The van der Waals surface area contributed by atoms with Crippen molar-refractivity contribution >= 4 is 17.2 Å². The van der Waals surface area contributed by atoms with E-state index in [1.165, 1.54) is 11.3 Å². The van der Waals surface area contributed by atoms with Gasteiger partial charge in [0, 0.05) is 23.9 Å². The standard InChI is InChI=1S/C12H21N3O2S/c1-3-12(2,5-7-16)15-11(17)9-8-18-10(14-9)4-6-13/h8,16H,3-7,13H2,1-2H3,(H,15,17). The Morgan fingerprint density at radius 3 is 2.94 bits per heavy atom. The van der Waals surface area contributed by atoms with Crippen LogP contribution in [0, 0.1) is 0 Å². The molecule has 0 aromatic carbocycles. The average molecular weight is 271 g/mol. The molecule has 102 valence electrons. The molecule has 6 heteroatoms. The number of aromatic nitrogens is 1. The predicted molar refractivity (Wildman–Crippen MR) is 72.7 cm³/mol. The molecule has 0 aliphatic rings. The zero-order valence-electron chi connectivity index (χ0n) is 10.9. The van der Waals surface area contributed by atoms with Crippen LogP contribution in [0.3, 0.4) is 0 Å². The lowest BCUT2D eigenvalue weighted by atomic mass is 9.95. The van der Waals surface area contributed by atoms with Crippen LogP contribution >= 0.6 is 11.3 Å². The molecular formula is C12H21N3O2S. The maximum absolute atomic E-state index is 12.0. The SMILES string of the molecule is CCC(C)(CCO)NC(=O)c1csc(CCN)n1. The van der Waals surface area contributed by atoms with Gasteiger partial charge in [-0.05, 0) is 26.3 Å². The Hall–Kier alpha value is -0.980. The van der Waals surface area contributed by atoms with Gasteiger partial charge in [0.25, 0.3) is 5.91 Å². The van der Waals surface area contributed by atoms with Crippen molar-refractivity contribution in [2.24, 2.45) is 5.73 Å². The van der Waals surface area contributed by atoms with E-state index in [9.17, 15) is 4.79 Å². The molecule has 5 nitrogen and oxygen atoms in total. The Labute approximate surface area is 111 Å². The van der Waals surface area contributed by atoms with E-state index in [1.807, 2.05) is 13.8 Å². The average Bonchev–Trinajstić information content (AvgIpc) is 2.78. The Balaban J connectivity index is 2.68. The van der Waals surface area contributed by atoms with E-state index in [-0.39, 0.29) is 18.1 Å². The van der Waals surface area contributed by atoms with Crippen LogP contribution < -0.4 is 11.1 Å². The highest BCUT2D eigenvalue weighted by Gasteiger charge is 2.25. The molecule has 1 atom stereocenters. The number of hydrogen-bond acceptors (Lipinski definition) is 5. The fourth-order valence-electron chi connectivity index (χ4n) is 1.57. The Bertz CT molecular complexity index is 394. The molecule has 1 heterocycles. The number of thiazole rings is 1. The Morgan fingerprint density at radius 1 is 1.67 bits per heavy atom. The highest BCUT2D eigenvalue weighted by molar-refractivity contribution is 7.09. The molecule has 0 spiro atoms. The molecule has 1 aromatic rings. The van der Waals surface area contributed by atoms with Crippen molar-refractivity contribution in [3.8, 4) is 0 Å². The van der Waals surface area contributed by atoms with Crippen LogP contribution in [0.2, 0.25) is 0 Å². The van der Waals surface area contributed by atoms with Crippen LogP contribution in [0.25, 0.3) is 0 Å². The number of nitrogens with one attached hydrogen (secondary N) is 1.